The van der Waals surface area contributed by atoms with E-state index in [0.717, 1.165) is 0 Å². The van der Waals surface area contributed by atoms with E-state index in [2.05, 4.69) is 0 Å². The minimum Gasteiger partial charge on any atom is -0.390 e. The van der Waals surface area contributed by atoms with Crippen LogP contribution in [0.2, 0.25) is 0 Å². The highest BCUT2D eigenvalue weighted by molar-refractivity contribution is 7.94. The van der Waals surface area contributed by atoms with Crippen molar-refractivity contribution in [2.24, 2.45) is 5.41 Å². The molecule has 0 aliphatic heterocycles. The Labute approximate surface area is 91.4 Å². The SMILES string of the molecule is CCS(=O)(=O)[C@](C)(Cl)[C@H](O)C(C)(C)C. The van der Waals surface area contributed by atoms with Gasteiger partial charge in [0.2, 0.25) is 0 Å². The van der Waals surface area contributed by atoms with Gasteiger partial charge in [0.05, 0.1) is 6.10 Å². The lowest BCUT2D eigenvalue weighted by atomic mass is 9.87. The van der Waals surface area contributed by atoms with Gasteiger partial charge in [-0.25, -0.2) is 8.42 Å². The molecule has 0 aromatic rings. The molecular formula is C9H19ClO3S. The largest absolute Gasteiger partial charge is 0.390 e. The van der Waals surface area contributed by atoms with Gasteiger partial charge in [0.1, 0.15) is 0 Å². The van der Waals surface area contributed by atoms with E-state index in [0.29, 0.717) is 0 Å². The Balaban J connectivity index is 5.18. The monoisotopic (exact) mass is 242 g/mol. The predicted molar refractivity (Wildman–Crippen MR) is 59.2 cm³/mol. The first-order chi connectivity index (χ1) is 5.97. The van der Waals surface area contributed by atoms with Crippen LogP contribution >= 0.6 is 11.6 Å². The van der Waals surface area contributed by atoms with Crippen LogP contribution in [0.5, 0.6) is 0 Å². The molecule has 0 saturated heterocycles. The lowest BCUT2D eigenvalue weighted by Crippen LogP contribution is -2.49. The number of halogens is 1. The molecule has 86 valence electrons. The van der Waals surface area contributed by atoms with Gasteiger partial charge in [-0.3, -0.25) is 0 Å². The van der Waals surface area contributed by atoms with Gasteiger partial charge in [0.25, 0.3) is 0 Å². The summed E-state index contributed by atoms with van der Waals surface area (Å²) in [5, 5.41) is 9.87. The zero-order chi connectivity index (χ0) is 11.8. The number of hydrogen-bond acceptors (Lipinski definition) is 3. The van der Waals surface area contributed by atoms with E-state index in [4.69, 9.17) is 11.6 Å². The summed E-state index contributed by atoms with van der Waals surface area (Å²) in [6.45, 7) is 8.13. The highest BCUT2D eigenvalue weighted by Gasteiger charge is 2.47. The van der Waals surface area contributed by atoms with Crippen LogP contribution in [0.1, 0.15) is 34.6 Å². The average molecular weight is 243 g/mol. The van der Waals surface area contributed by atoms with Crippen molar-refractivity contribution in [1.29, 1.82) is 0 Å². The van der Waals surface area contributed by atoms with Crippen LogP contribution in [0.3, 0.4) is 0 Å². The number of sulfone groups is 1. The maximum atomic E-state index is 11.6. The van der Waals surface area contributed by atoms with Gasteiger partial charge in [-0.1, -0.05) is 39.3 Å². The first-order valence-corrected chi connectivity index (χ1v) is 6.59. The molecule has 0 saturated carbocycles. The van der Waals surface area contributed by atoms with Crippen LogP contribution in [-0.2, 0) is 9.84 Å². The summed E-state index contributed by atoms with van der Waals surface area (Å²) < 4.78 is 21.6. The Bertz CT molecular complexity index is 288. The van der Waals surface area contributed by atoms with Crippen molar-refractivity contribution in [2.45, 2.75) is 44.9 Å². The molecule has 0 bridgehead atoms. The fourth-order valence-corrected chi connectivity index (χ4v) is 3.14. The molecule has 5 heteroatoms. The second-order valence-electron chi connectivity index (χ2n) is 4.66. The van der Waals surface area contributed by atoms with Crippen molar-refractivity contribution in [3.63, 3.8) is 0 Å². The van der Waals surface area contributed by atoms with Crippen LogP contribution in [0.15, 0.2) is 0 Å². The molecule has 0 rings (SSSR count). The molecular weight excluding hydrogens is 224 g/mol. The predicted octanol–water partition coefficient (Wildman–Crippen LogP) is 1.78. The number of aliphatic hydroxyl groups excluding tert-OH is 1. The maximum Gasteiger partial charge on any atom is 0.171 e. The van der Waals surface area contributed by atoms with E-state index in [1.807, 2.05) is 0 Å². The topological polar surface area (TPSA) is 54.4 Å². The summed E-state index contributed by atoms with van der Waals surface area (Å²) >= 11 is 5.93. The summed E-state index contributed by atoms with van der Waals surface area (Å²) in [4.78, 5) is 0. The van der Waals surface area contributed by atoms with E-state index >= 15 is 0 Å². The molecule has 0 heterocycles. The Morgan fingerprint density at radius 1 is 1.29 bits per heavy atom. The first-order valence-electron chi connectivity index (χ1n) is 4.56. The lowest BCUT2D eigenvalue weighted by molar-refractivity contribution is 0.0522. The van der Waals surface area contributed by atoms with E-state index in [9.17, 15) is 13.5 Å². The number of hydrogen-bond donors (Lipinski definition) is 1. The molecule has 0 aliphatic rings. The average Bonchev–Trinajstić information content (AvgIpc) is 2.01. The van der Waals surface area contributed by atoms with Crippen LogP contribution in [0.4, 0.5) is 0 Å². The maximum absolute atomic E-state index is 11.6. The van der Waals surface area contributed by atoms with E-state index in [1.54, 1.807) is 20.8 Å². The van der Waals surface area contributed by atoms with Crippen molar-refractivity contribution in [2.75, 3.05) is 5.75 Å². The van der Waals surface area contributed by atoms with Crippen molar-refractivity contribution >= 4 is 21.4 Å². The smallest absolute Gasteiger partial charge is 0.171 e. The minimum absolute atomic E-state index is 0.0693. The van der Waals surface area contributed by atoms with Gasteiger partial charge in [0.15, 0.2) is 14.0 Å². The Morgan fingerprint density at radius 3 is 1.86 bits per heavy atom. The highest BCUT2D eigenvalue weighted by Crippen LogP contribution is 2.36. The number of rotatable bonds is 3. The molecule has 0 spiro atoms. The third-order valence-corrected chi connectivity index (χ3v) is 5.41. The van der Waals surface area contributed by atoms with E-state index in [-0.39, 0.29) is 5.75 Å². The zero-order valence-electron chi connectivity index (χ0n) is 9.33. The first kappa shape index (κ1) is 14.2. The van der Waals surface area contributed by atoms with Crippen LogP contribution in [0.25, 0.3) is 0 Å². The zero-order valence-corrected chi connectivity index (χ0v) is 10.9. The highest BCUT2D eigenvalue weighted by atomic mass is 35.5. The van der Waals surface area contributed by atoms with Crippen molar-refractivity contribution in [3.05, 3.63) is 0 Å². The summed E-state index contributed by atoms with van der Waals surface area (Å²) in [5.41, 5.74) is -0.557. The molecule has 0 radical (unpaired) electrons. The number of aliphatic hydroxyl groups is 1. The van der Waals surface area contributed by atoms with Gasteiger partial charge in [-0.05, 0) is 12.3 Å². The van der Waals surface area contributed by atoms with Crippen molar-refractivity contribution < 1.29 is 13.5 Å². The summed E-state index contributed by atoms with van der Waals surface area (Å²) in [6.07, 6.45) is -1.10. The fourth-order valence-electron chi connectivity index (χ4n) is 1.23. The minimum atomic E-state index is -3.46. The Morgan fingerprint density at radius 2 is 1.64 bits per heavy atom. The third kappa shape index (κ3) is 2.61. The lowest BCUT2D eigenvalue weighted by Gasteiger charge is -2.36. The Hall–Kier alpha value is 0.200. The summed E-state index contributed by atoms with van der Waals surface area (Å²) in [5.74, 6) is -0.0693. The molecule has 0 amide bonds. The molecule has 14 heavy (non-hydrogen) atoms. The molecule has 1 N–H and O–H groups in total. The molecule has 0 unspecified atom stereocenters. The summed E-state index contributed by atoms with van der Waals surface area (Å²) in [6, 6.07) is 0. The fraction of sp³-hybridized carbons (Fsp3) is 1.00. The Kier molecular flexibility index (Phi) is 4.04. The van der Waals surface area contributed by atoms with Gasteiger partial charge in [-0.2, -0.15) is 0 Å². The molecule has 0 aromatic carbocycles. The van der Waals surface area contributed by atoms with Crippen LogP contribution in [-0.4, -0.2) is 29.6 Å². The van der Waals surface area contributed by atoms with Gasteiger partial charge in [-0.15, -0.1) is 0 Å². The molecule has 2 atom stereocenters. The van der Waals surface area contributed by atoms with Crippen molar-refractivity contribution in [3.8, 4) is 0 Å². The normalized spacial score (nSPS) is 20.2. The van der Waals surface area contributed by atoms with E-state index < -0.39 is 25.6 Å². The number of alkyl halides is 1. The van der Waals surface area contributed by atoms with Crippen LogP contribution in [0, 0.1) is 5.41 Å². The standard InChI is InChI=1S/C9H19ClO3S/c1-6-14(12,13)9(5,10)7(11)8(2,3)4/h7,11H,6H2,1-5H3/t7-,9+/m1/s1. The van der Waals surface area contributed by atoms with Gasteiger partial charge >= 0.3 is 0 Å². The molecule has 3 nitrogen and oxygen atoms in total. The quantitative estimate of drug-likeness (QED) is 0.768. The van der Waals surface area contributed by atoms with Crippen LogP contribution < -0.4 is 0 Å². The van der Waals surface area contributed by atoms with Gasteiger partial charge < -0.3 is 5.11 Å². The second-order valence-corrected chi connectivity index (χ2v) is 8.32. The van der Waals surface area contributed by atoms with Crippen molar-refractivity contribution in [1.82, 2.24) is 0 Å². The van der Waals surface area contributed by atoms with E-state index in [1.165, 1.54) is 13.8 Å². The summed E-state index contributed by atoms with van der Waals surface area (Å²) in [7, 11) is -3.46. The molecule has 0 fully saturated rings. The molecule has 0 aliphatic carbocycles. The molecule has 0 aromatic heterocycles. The third-order valence-electron chi connectivity index (χ3n) is 2.30. The second kappa shape index (κ2) is 3.99. The van der Waals surface area contributed by atoms with Gasteiger partial charge in [0, 0.05) is 5.75 Å².